The van der Waals surface area contributed by atoms with Gasteiger partial charge in [-0.2, -0.15) is 10.5 Å². The van der Waals surface area contributed by atoms with Gasteiger partial charge in [-0.25, -0.2) is 0 Å². The van der Waals surface area contributed by atoms with Gasteiger partial charge in [-0.15, -0.1) is 0 Å². The summed E-state index contributed by atoms with van der Waals surface area (Å²) in [4.78, 5) is 4.07. The number of pyridine rings is 1. The van der Waals surface area contributed by atoms with E-state index in [1.54, 1.807) is 30.6 Å². The molecule has 2 aromatic rings. The minimum absolute atomic E-state index is 0.0770. The van der Waals surface area contributed by atoms with Crippen LogP contribution in [0.5, 0.6) is 0 Å². The highest BCUT2D eigenvalue weighted by molar-refractivity contribution is 5.56. The molecule has 0 radical (unpaired) electrons. The zero-order chi connectivity index (χ0) is 13.7. The Labute approximate surface area is 112 Å². The second-order valence-corrected chi connectivity index (χ2v) is 4.14. The van der Waals surface area contributed by atoms with Gasteiger partial charge in [-0.3, -0.25) is 4.98 Å². The summed E-state index contributed by atoms with van der Waals surface area (Å²) in [5, 5.41) is 21.1. The third kappa shape index (κ3) is 2.88. The molecule has 4 nitrogen and oxygen atoms in total. The van der Waals surface area contributed by atoms with E-state index in [1.807, 2.05) is 31.2 Å². The molecule has 1 atom stereocenters. The molecule has 0 spiro atoms. The van der Waals surface area contributed by atoms with E-state index < -0.39 is 0 Å². The number of anilines is 1. The predicted molar refractivity (Wildman–Crippen MR) is 72.1 cm³/mol. The molecular formula is C15H12N4. The Morgan fingerprint density at radius 1 is 1.16 bits per heavy atom. The monoisotopic (exact) mass is 248 g/mol. The Balaban J connectivity index is 2.21. The maximum Gasteiger partial charge on any atom is 0.101 e. The summed E-state index contributed by atoms with van der Waals surface area (Å²) in [5.74, 6) is 0. The largest absolute Gasteiger partial charge is 0.378 e. The minimum atomic E-state index is 0.0770. The van der Waals surface area contributed by atoms with Gasteiger partial charge in [0.25, 0.3) is 0 Å². The van der Waals surface area contributed by atoms with Crippen molar-refractivity contribution in [2.24, 2.45) is 0 Å². The number of nitrogens with zero attached hydrogens (tertiary/aromatic N) is 3. The summed E-state index contributed by atoms with van der Waals surface area (Å²) in [6.45, 7) is 2.02. The number of aromatic nitrogens is 1. The average Bonchev–Trinajstić information content (AvgIpc) is 2.48. The van der Waals surface area contributed by atoms with Crippen molar-refractivity contribution < 1.29 is 0 Å². The fourth-order valence-corrected chi connectivity index (χ4v) is 1.79. The number of nitrogens with one attached hydrogen (secondary N) is 1. The Hall–Kier alpha value is -2.85. The zero-order valence-corrected chi connectivity index (χ0v) is 10.5. The van der Waals surface area contributed by atoms with Crippen LogP contribution in [0.15, 0.2) is 42.7 Å². The Bertz CT molecular complexity index is 650. The van der Waals surface area contributed by atoms with Crippen LogP contribution < -0.4 is 5.32 Å². The molecule has 0 saturated carbocycles. The lowest BCUT2D eigenvalue weighted by Crippen LogP contribution is -2.07. The molecule has 92 valence electrons. The number of nitriles is 2. The van der Waals surface area contributed by atoms with Crippen molar-refractivity contribution in [3.63, 3.8) is 0 Å². The fraction of sp³-hybridized carbons (Fsp3) is 0.133. The molecule has 1 aromatic heterocycles. The number of rotatable bonds is 3. The van der Waals surface area contributed by atoms with Crippen LogP contribution in [0.2, 0.25) is 0 Å². The molecular weight excluding hydrogens is 236 g/mol. The van der Waals surface area contributed by atoms with E-state index in [0.29, 0.717) is 11.1 Å². The second-order valence-electron chi connectivity index (χ2n) is 4.14. The molecule has 19 heavy (non-hydrogen) atoms. The minimum Gasteiger partial charge on any atom is -0.378 e. The van der Waals surface area contributed by atoms with E-state index in [1.165, 1.54) is 0 Å². The SMILES string of the molecule is CC(Nc1ccc(C#N)c(C#N)c1)c1cccnc1. The van der Waals surface area contributed by atoms with Crippen LogP contribution in [-0.4, -0.2) is 4.98 Å². The third-order valence-corrected chi connectivity index (χ3v) is 2.83. The van der Waals surface area contributed by atoms with Crippen LogP contribution in [0, 0.1) is 22.7 Å². The molecule has 4 heteroatoms. The summed E-state index contributed by atoms with van der Waals surface area (Å²) < 4.78 is 0. The first-order valence-corrected chi connectivity index (χ1v) is 5.85. The number of hydrogen-bond donors (Lipinski definition) is 1. The summed E-state index contributed by atoms with van der Waals surface area (Å²) in [5.41, 5.74) is 2.64. The molecule has 1 unspecified atom stereocenters. The summed E-state index contributed by atoms with van der Waals surface area (Å²) in [7, 11) is 0. The van der Waals surface area contributed by atoms with E-state index in [2.05, 4.69) is 10.3 Å². The van der Waals surface area contributed by atoms with Gasteiger partial charge in [-0.05, 0) is 36.8 Å². The van der Waals surface area contributed by atoms with Gasteiger partial charge in [0.1, 0.15) is 12.1 Å². The molecule has 0 bridgehead atoms. The van der Waals surface area contributed by atoms with Crippen molar-refractivity contribution in [2.45, 2.75) is 13.0 Å². The first-order chi connectivity index (χ1) is 9.24. The molecule has 0 fully saturated rings. The topological polar surface area (TPSA) is 72.5 Å². The van der Waals surface area contributed by atoms with E-state index in [9.17, 15) is 0 Å². The molecule has 1 aromatic carbocycles. The maximum atomic E-state index is 8.99. The number of hydrogen-bond acceptors (Lipinski definition) is 4. The van der Waals surface area contributed by atoms with Crippen LogP contribution in [-0.2, 0) is 0 Å². The van der Waals surface area contributed by atoms with Crippen LogP contribution in [0.3, 0.4) is 0 Å². The van der Waals surface area contributed by atoms with E-state index in [-0.39, 0.29) is 6.04 Å². The molecule has 0 aliphatic carbocycles. The predicted octanol–water partition coefficient (Wildman–Crippen LogP) is 3.00. The number of benzene rings is 1. The van der Waals surface area contributed by atoms with Gasteiger partial charge in [0, 0.05) is 18.1 Å². The third-order valence-electron chi connectivity index (χ3n) is 2.83. The van der Waals surface area contributed by atoms with Crippen molar-refractivity contribution in [1.29, 1.82) is 10.5 Å². The van der Waals surface area contributed by atoms with Crippen LogP contribution in [0.25, 0.3) is 0 Å². The Morgan fingerprint density at radius 2 is 1.95 bits per heavy atom. The normalized spacial score (nSPS) is 11.1. The standard InChI is InChI=1S/C15H12N4/c1-11(13-3-2-6-18-10-13)19-15-5-4-12(8-16)14(7-15)9-17/h2-7,10-11,19H,1H3. The van der Waals surface area contributed by atoms with Crippen molar-refractivity contribution in [3.8, 4) is 12.1 Å². The summed E-state index contributed by atoms with van der Waals surface area (Å²) in [6.07, 6.45) is 3.53. The van der Waals surface area contributed by atoms with Gasteiger partial charge in [-0.1, -0.05) is 6.07 Å². The van der Waals surface area contributed by atoms with E-state index in [0.717, 1.165) is 11.3 Å². The van der Waals surface area contributed by atoms with Crippen molar-refractivity contribution in [2.75, 3.05) is 5.32 Å². The van der Waals surface area contributed by atoms with Crippen LogP contribution in [0.1, 0.15) is 29.7 Å². The lowest BCUT2D eigenvalue weighted by molar-refractivity contribution is 0.875. The van der Waals surface area contributed by atoms with E-state index in [4.69, 9.17) is 10.5 Å². The quantitative estimate of drug-likeness (QED) is 0.906. The second kappa shape index (κ2) is 5.66. The highest BCUT2D eigenvalue weighted by atomic mass is 14.9. The van der Waals surface area contributed by atoms with Crippen LogP contribution in [0.4, 0.5) is 5.69 Å². The smallest absolute Gasteiger partial charge is 0.101 e. The van der Waals surface area contributed by atoms with Gasteiger partial charge in [0.15, 0.2) is 0 Å². The highest BCUT2D eigenvalue weighted by Gasteiger charge is 2.07. The van der Waals surface area contributed by atoms with Gasteiger partial charge >= 0.3 is 0 Å². The summed E-state index contributed by atoms with van der Waals surface area (Å²) in [6, 6.07) is 13.1. The maximum absolute atomic E-state index is 8.99. The van der Waals surface area contributed by atoms with Crippen molar-refractivity contribution in [1.82, 2.24) is 4.98 Å². The molecule has 1 heterocycles. The molecule has 0 saturated heterocycles. The molecule has 0 aliphatic rings. The average molecular weight is 248 g/mol. The molecule has 1 N–H and O–H groups in total. The van der Waals surface area contributed by atoms with Crippen LogP contribution >= 0.6 is 0 Å². The zero-order valence-electron chi connectivity index (χ0n) is 10.5. The highest BCUT2D eigenvalue weighted by Crippen LogP contribution is 2.20. The lowest BCUT2D eigenvalue weighted by Gasteiger charge is -2.15. The van der Waals surface area contributed by atoms with Gasteiger partial charge < -0.3 is 5.32 Å². The first-order valence-electron chi connectivity index (χ1n) is 5.85. The molecule has 2 rings (SSSR count). The molecule has 0 aliphatic heterocycles. The Morgan fingerprint density at radius 3 is 2.58 bits per heavy atom. The Kier molecular flexibility index (Phi) is 3.75. The summed E-state index contributed by atoms with van der Waals surface area (Å²) >= 11 is 0. The van der Waals surface area contributed by atoms with Crippen molar-refractivity contribution >= 4 is 5.69 Å². The van der Waals surface area contributed by atoms with Gasteiger partial charge in [0.2, 0.25) is 0 Å². The fourth-order valence-electron chi connectivity index (χ4n) is 1.79. The lowest BCUT2D eigenvalue weighted by atomic mass is 10.1. The van der Waals surface area contributed by atoms with Crippen molar-refractivity contribution in [3.05, 3.63) is 59.4 Å². The van der Waals surface area contributed by atoms with Gasteiger partial charge in [0.05, 0.1) is 17.2 Å². The van der Waals surface area contributed by atoms with E-state index >= 15 is 0 Å². The first kappa shape index (κ1) is 12.6. The molecule has 0 amide bonds.